The molecule has 0 radical (unpaired) electrons. The van der Waals surface area contributed by atoms with E-state index in [1.807, 2.05) is 26.0 Å². The first-order valence-corrected chi connectivity index (χ1v) is 18.2. The van der Waals surface area contributed by atoms with E-state index in [0.29, 0.717) is 0 Å². The van der Waals surface area contributed by atoms with Crippen LogP contribution in [0, 0.1) is 12.1 Å². The van der Waals surface area contributed by atoms with Crippen LogP contribution < -0.4 is 0 Å². The average molecular weight is 535 g/mol. The van der Waals surface area contributed by atoms with Gasteiger partial charge in [0.05, 0.1) is 0 Å². The Morgan fingerprint density at radius 2 is 1.00 bits per heavy atom. The van der Waals surface area contributed by atoms with Crippen LogP contribution in [0.4, 0.5) is 0 Å². The molecule has 0 fully saturated rings. The van der Waals surface area contributed by atoms with Crippen molar-refractivity contribution in [3.05, 3.63) is 119 Å². The summed E-state index contributed by atoms with van der Waals surface area (Å²) in [6.45, 7) is 3.96. The van der Waals surface area contributed by atoms with Gasteiger partial charge >= 0.3 is 53.0 Å². The van der Waals surface area contributed by atoms with Crippen molar-refractivity contribution in [2.24, 2.45) is 0 Å². The molecule has 4 aromatic rings. The molecule has 160 valence electrons. The third kappa shape index (κ3) is 5.40. The van der Waals surface area contributed by atoms with Crippen molar-refractivity contribution in [3.8, 4) is 22.3 Å². The van der Waals surface area contributed by atoms with Gasteiger partial charge in [-0.3, -0.25) is 0 Å². The van der Waals surface area contributed by atoms with Crippen LogP contribution in [-0.2, 0) is 31.7 Å². The largest absolute Gasteiger partial charge is 0.179 e. The zero-order valence-corrected chi connectivity index (χ0v) is 22.2. The Morgan fingerprint density at radius 3 is 1.41 bits per heavy atom. The van der Waals surface area contributed by atoms with Gasteiger partial charge in [0.2, 0.25) is 0 Å². The van der Waals surface area contributed by atoms with Crippen LogP contribution in [0.2, 0.25) is 0 Å². The van der Waals surface area contributed by atoms with Crippen molar-refractivity contribution in [1.29, 1.82) is 0 Å². The second-order valence-corrected chi connectivity index (χ2v) is 17.4. The molecule has 0 heterocycles. The van der Waals surface area contributed by atoms with Crippen molar-refractivity contribution in [1.82, 2.24) is 0 Å². The number of hydrogen-bond acceptors (Lipinski definition) is 0. The normalized spacial score (nSPS) is 11.5. The smallest absolute Gasteiger partial charge is 0.0253 e. The van der Waals surface area contributed by atoms with Crippen LogP contribution in [0.25, 0.3) is 22.3 Å². The maximum absolute atomic E-state index is 5.54. The van der Waals surface area contributed by atoms with Crippen molar-refractivity contribution in [2.75, 3.05) is 0 Å². The van der Waals surface area contributed by atoms with Crippen LogP contribution in [0.3, 0.4) is 0 Å². The fraction of sp³-hybridized carbons (Fsp3) is 0.138. The molecule has 0 aromatic heterocycles. The van der Waals surface area contributed by atoms with Crippen molar-refractivity contribution in [3.63, 3.8) is 0 Å². The molecule has 3 heteroatoms. The minimum Gasteiger partial charge on any atom is -0.179 e. The summed E-state index contributed by atoms with van der Waals surface area (Å²) in [5.41, 5.74) is 11.0. The molecular weight excluding hydrogens is 510 g/mol. The summed E-state index contributed by atoms with van der Waals surface area (Å²) in [6.07, 6.45) is 2.10. The average Bonchev–Trinajstić information content (AvgIpc) is 3.38. The van der Waals surface area contributed by atoms with E-state index in [-0.39, 0.29) is 0 Å². The maximum Gasteiger partial charge on any atom is -0.0253 e. The van der Waals surface area contributed by atoms with E-state index >= 15 is 0 Å². The minimum atomic E-state index is -1.84. The zero-order valence-electron chi connectivity index (χ0n) is 18.3. The van der Waals surface area contributed by atoms with Crippen LogP contribution >= 0.6 is 17.0 Å². The fourth-order valence-electron chi connectivity index (χ4n) is 4.00. The summed E-state index contributed by atoms with van der Waals surface area (Å²) < 4.78 is 1.24. The second kappa shape index (κ2) is 10.9. The summed E-state index contributed by atoms with van der Waals surface area (Å²) in [7, 11) is 11.1. The Kier molecular flexibility index (Phi) is 7.95. The molecule has 2 aliphatic rings. The first-order chi connectivity index (χ1) is 15.5. The van der Waals surface area contributed by atoms with E-state index in [1.54, 1.807) is 0 Å². The molecule has 0 N–H and O–H groups in total. The van der Waals surface area contributed by atoms with Crippen LogP contribution in [0.15, 0.2) is 84.9 Å². The summed E-state index contributed by atoms with van der Waals surface area (Å²) in [5.74, 6) is 0. The predicted octanol–water partition coefficient (Wildman–Crippen LogP) is 8.24. The molecule has 0 atom stereocenters. The molecule has 0 nitrogen and oxygen atoms in total. The number of benzene rings is 4. The molecule has 0 bridgehead atoms. The predicted molar refractivity (Wildman–Crippen MR) is 135 cm³/mol. The van der Waals surface area contributed by atoms with Crippen molar-refractivity contribution in [2.45, 2.75) is 26.7 Å². The van der Waals surface area contributed by atoms with E-state index in [0.717, 1.165) is 12.8 Å². The molecule has 32 heavy (non-hydrogen) atoms. The molecule has 0 spiro atoms. The van der Waals surface area contributed by atoms with Gasteiger partial charge in [0, 0.05) is 0 Å². The van der Waals surface area contributed by atoms with Gasteiger partial charge in [-0.15, -0.1) is 11.1 Å². The first kappa shape index (κ1) is 23.4. The molecule has 0 saturated carbocycles. The van der Waals surface area contributed by atoms with Gasteiger partial charge in [0.15, 0.2) is 0 Å². The molecule has 4 aromatic carbocycles. The maximum atomic E-state index is 5.54. The van der Waals surface area contributed by atoms with E-state index < -0.39 is 18.9 Å². The molecular formula is C29H24Cl2Zr-2. The molecule has 0 aliphatic heterocycles. The number of hydrogen-bond donors (Lipinski definition) is 0. The van der Waals surface area contributed by atoms with Gasteiger partial charge in [-0.05, 0) is 12.8 Å². The Labute approximate surface area is 206 Å². The molecule has 0 unspecified atom stereocenters. The monoisotopic (exact) mass is 532 g/mol. The Morgan fingerprint density at radius 1 is 0.625 bits per heavy atom. The van der Waals surface area contributed by atoms with Gasteiger partial charge in [-0.2, -0.15) is 59.7 Å². The Balaban J connectivity index is 0.000000124. The van der Waals surface area contributed by atoms with Crippen molar-refractivity contribution < 1.29 is 18.9 Å². The van der Waals surface area contributed by atoms with Crippen LogP contribution in [0.5, 0.6) is 0 Å². The standard InChI is InChI=1S/2C13H9.C3H6.2ClH.Zr/c2*1-3-7-12-10(5-1)9-11-6-2-4-8-13(11)12;1-3-2;;;/h2*1-5,7-8H,9H2;1-2H3;2*1H;/q2*-1;;;;+2/p-2. The molecule has 0 amide bonds. The van der Waals surface area contributed by atoms with Crippen LogP contribution in [0.1, 0.15) is 36.1 Å². The third-order valence-corrected chi connectivity index (χ3v) is 11.9. The topological polar surface area (TPSA) is 0 Å². The first-order valence-electron chi connectivity index (χ1n) is 10.7. The molecule has 0 saturated heterocycles. The van der Waals surface area contributed by atoms with Gasteiger partial charge in [-0.1, -0.05) is 70.8 Å². The number of halogens is 2. The minimum absolute atomic E-state index is 1.05. The number of fused-ring (bicyclic) bond motifs is 6. The van der Waals surface area contributed by atoms with Gasteiger partial charge in [0.25, 0.3) is 0 Å². The Hall–Kier alpha value is -1.79. The summed E-state index contributed by atoms with van der Waals surface area (Å²) in [6, 6.07) is 36.2. The van der Waals surface area contributed by atoms with E-state index in [1.165, 1.54) is 47.7 Å². The Bertz CT molecular complexity index is 1080. The summed E-state index contributed by atoms with van der Waals surface area (Å²) >= 11 is -1.84. The fourth-order valence-corrected chi connectivity index (χ4v) is 4.00. The molecule has 2 aliphatic carbocycles. The molecule has 6 rings (SSSR count). The van der Waals surface area contributed by atoms with E-state index in [2.05, 4.69) is 84.9 Å². The zero-order chi connectivity index (χ0) is 22.5. The van der Waals surface area contributed by atoms with Gasteiger partial charge < -0.3 is 0 Å². The van der Waals surface area contributed by atoms with Crippen LogP contribution in [-0.4, -0.2) is 3.21 Å². The summed E-state index contributed by atoms with van der Waals surface area (Å²) in [5, 5.41) is 0. The SMILES string of the molecule is C[C](C)=[Zr]([Cl])[Cl].[c-]1cccc2c1Cc1ccccc1-2.[c-]1cccc2c1Cc1ccccc1-2. The summed E-state index contributed by atoms with van der Waals surface area (Å²) in [4.78, 5) is 0. The van der Waals surface area contributed by atoms with Gasteiger partial charge in [0.1, 0.15) is 0 Å². The van der Waals surface area contributed by atoms with Crippen molar-refractivity contribution >= 4 is 20.2 Å². The second-order valence-electron chi connectivity index (χ2n) is 8.05. The van der Waals surface area contributed by atoms with E-state index in [9.17, 15) is 0 Å². The number of rotatable bonds is 0. The van der Waals surface area contributed by atoms with Gasteiger partial charge in [-0.25, -0.2) is 0 Å². The van der Waals surface area contributed by atoms with E-state index in [4.69, 9.17) is 17.0 Å². The quantitative estimate of drug-likeness (QED) is 0.172. The third-order valence-electron chi connectivity index (χ3n) is 5.61.